The summed E-state index contributed by atoms with van der Waals surface area (Å²) < 4.78 is 30.9. The number of nitrogens with zero attached hydrogens (tertiary/aromatic N) is 1. The number of rotatable bonds is 69. The van der Waals surface area contributed by atoms with Crippen LogP contribution in [0, 0.1) is 0 Å². The molecule has 2 N–H and O–H groups in total. The van der Waals surface area contributed by atoms with Gasteiger partial charge in [0.15, 0.2) is 0 Å². The van der Waals surface area contributed by atoms with Crippen LogP contribution in [0.3, 0.4) is 0 Å². The average Bonchev–Trinajstić information content (AvgIpc) is 3.52. The number of likely N-dealkylation sites (N-methyl/N-ethyl adjacent to an activating group) is 1. The highest BCUT2D eigenvalue weighted by atomic mass is 31.2. The van der Waals surface area contributed by atoms with Gasteiger partial charge in [-0.05, 0) is 102 Å². The van der Waals surface area contributed by atoms with E-state index in [4.69, 9.17) is 13.8 Å². The second-order valence-electron chi connectivity index (χ2n) is 26.8. The number of carbonyl (C=O) groups excluding carboxylic acids is 2. The van der Waals surface area contributed by atoms with Gasteiger partial charge in [-0.25, -0.2) is 4.57 Å². The van der Waals surface area contributed by atoms with Crippen molar-refractivity contribution in [2.24, 2.45) is 0 Å². The second kappa shape index (κ2) is 67.3. The normalized spacial score (nSPS) is 13.9. The lowest BCUT2D eigenvalue weighted by Crippen LogP contribution is -2.47. The van der Waals surface area contributed by atoms with Crippen LogP contribution in [0.5, 0.6) is 0 Å². The lowest BCUT2D eigenvalue weighted by atomic mass is 10.0. The minimum absolute atomic E-state index is 0.0397. The molecular formula is C78H146N2O7P+. The summed E-state index contributed by atoms with van der Waals surface area (Å²) in [7, 11) is 1.50. The van der Waals surface area contributed by atoms with Gasteiger partial charge in [0, 0.05) is 12.8 Å². The Morgan fingerprint density at radius 3 is 1.06 bits per heavy atom. The van der Waals surface area contributed by atoms with Crippen molar-refractivity contribution in [1.29, 1.82) is 0 Å². The molecule has 0 aliphatic rings. The molecule has 0 radical (unpaired) electrons. The Hall–Kier alpha value is -2.55. The van der Waals surface area contributed by atoms with Crippen molar-refractivity contribution in [3.05, 3.63) is 72.9 Å². The SMILES string of the molecule is CCCCC/C=C\C/C=C\C/C=C\CCCCCCCCCCCCCCC(=O)OC(/C=C/CCCCCCCCCCCC)C(COP(=O)(O)OCC[N+](C)(C)C)NC(=O)CCCCCCCCCCCCCCCCC/C=C\C/C=C\CCCCC. The molecule has 0 saturated heterocycles. The molecule has 3 unspecified atom stereocenters. The molecular weight excluding hydrogens is 1110 g/mol. The number of amides is 1. The first kappa shape index (κ1) is 85.5. The first-order chi connectivity index (χ1) is 42.9. The molecule has 10 heteroatoms. The minimum atomic E-state index is -4.46. The standard InChI is InChI=1S/C78H145N2O7P/c1-7-10-13-16-19-22-25-28-30-32-34-36-38-40-42-44-46-48-50-52-55-58-61-64-67-70-77(81)79-75(74-86-88(83,84)85-73-72-80(4,5)6)76(69-66-63-60-57-54-27-24-21-18-15-12-9-3)87-78(82)71-68-65-62-59-56-53-51-49-47-45-43-41-39-37-35-33-31-29-26-23-20-17-14-11-8-2/h19-20,22-23,28-31,35,37,66,69,75-76H,7-18,21,24-27,32-34,36,38-65,67-68,70-74H2,1-6H3,(H-,79,81,83,84)/p+1/b22-19-,23-20-,30-28-,31-29-,37-35-,69-66+. The Labute approximate surface area is 546 Å². The maximum absolute atomic E-state index is 13.6. The van der Waals surface area contributed by atoms with E-state index < -0.39 is 20.0 Å². The van der Waals surface area contributed by atoms with Gasteiger partial charge in [-0.3, -0.25) is 18.6 Å². The lowest BCUT2D eigenvalue weighted by molar-refractivity contribution is -0.870. The van der Waals surface area contributed by atoms with Crippen LogP contribution in [0.4, 0.5) is 0 Å². The third-order valence-corrected chi connectivity index (χ3v) is 17.9. The van der Waals surface area contributed by atoms with Crippen LogP contribution in [0.15, 0.2) is 72.9 Å². The molecule has 3 atom stereocenters. The Morgan fingerprint density at radius 1 is 0.398 bits per heavy atom. The summed E-state index contributed by atoms with van der Waals surface area (Å²) in [5.74, 6) is -0.494. The molecule has 0 spiro atoms. The highest BCUT2D eigenvalue weighted by molar-refractivity contribution is 7.47. The Balaban J connectivity index is 4.98. The van der Waals surface area contributed by atoms with Gasteiger partial charge in [0.05, 0.1) is 33.8 Å². The van der Waals surface area contributed by atoms with Crippen molar-refractivity contribution >= 4 is 19.7 Å². The van der Waals surface area contributed by atoms with Gasteiger partial charge in [-0.15, -0.1) is 0 Å². The van der Waals surface area contributed by atoms with Gasteiger partial charge < -0.3 is 19.4 Å². The number of carbonyl (C=O) groups is 2. The number of phosphoric acid groups is 1. The van der Waals surface area contributed by atoms with E-state index in [-0.39, 0.29) is 31.5 Å². The van der Waals surface area contributed by atoms with Crippen LogP contribution in [-0.4, -0.2) is 74.3 Å². The molecule has 0 aliphatic carbocycles. The van der Waals surface area contributed by atoms with E-state index in [2.05, 4.69) is 86.8 Å². The van der Waals surface area contributed by atoms with Crippen LogP contribution in [0.1, 0.15) is 361 Å². The number of esters is 1. The van der Waals surface area contributed by atoms with Crippen molar-refractivity contribution in [2.75, 3.05) is 40.9 Å². The van der Waals surface area contributed by atoms with Gasteiger partial charge in [-0.2, -0.15) is 0 Å². The van der Waals surface area contributed by atoms with E-state index in [1.165, 1.54) is 250 Å². The van der Waals surface area contributed by atoms with Crippen molar-refractivity contribution in [3.8, 4) is 0 Å². The predicted molar refractivity (Wildman–Crippen MR) is 383 cm³/mol. The number of quaternary nitrogens is 1. The fraction of sp³-hybridized carbons (Fsp3) is 0.821. The van der Waals surface area contributed by atoms with E-state index in [0.29, 0.717) is 17.4 Å². The largest absolute Gasteiger partial charge is 0.472 e. The zero-order chi connectivity index (χ0) is 64.2. The summed E-state index contributed by atoms with van der Waals surface area (Å²) in [6.45, 7) is 7.01. The number of unbranched alkanes of at least 4 members (excludes halogenated alkanes) is 43. The molecule has 0 aromatic rings. The van der Waals surface area contributed by atoms with Crippen molar-refractivity contribution in [3.63, 3.8) is 0 Å². The highest BCUT2D eigenvalue weighted by Crippen LogP contribution is 2.43. The quantitative estimate of drug-likeness (QED) is 0.0205. The molecule has 0 heterocycles. The summed E-state index contributed by atoms with van der Waals surface area (Å²) in [6, 6.07) is -0.852. The molecule has 88 heavy (non-hydrogen) atoms. The zero-order valence-corrected chi connectivity index (χ0v) is 59.9. The lowest BCUT2D eigenvalue weighted by Gasteiger charge is -2.27. The fourth-order valence-corrected chi connectivity index (χ4v) is 11.8. The molecule has 9 nitrogen and oxygen atoms in total. The second-order valence-corrected chi connectivity index (χ2v) is 28.3. The van der Waals surface area contributed by atoms with Gasteiger partial charge in [0.2, 0.25) is 5.91 Å². The average molecular weight is 1260 g/mol. The van der Waals surface area contributed by atoms with Crippen LogP contribution < -0.4 is 5.32 Å². The summed E-state index contributed by atoms with van der Waals surface area (Å²) in [4.78, 5) is 38.0. The molecule has 0 bridgehead atoms. The summed E-state index contributed by atoms with van der Waals surface area (Å²) in [5, 5.41) is 3.08. The van der Waals surface area contributed by atoms with Gasteiger partial charge in [-0.1, -0.05) is 319 Å². The van der Waals surface area contributed by atoms with E-state index >= 15 is 0 Å². The summed E-state index contributed by atoms with van der Waals surface area (Å²) in [6.07, 6.45) is 89.2. The predicted octanol–water partition coefficient (Wildman–Crippen LogP) is 24.3. The first-order valence-corrected chi connectivity index (χ1v) is 39.3. The maximum atomic E-state index is 13.6. The Morgan fingerprint density at radius 2 is 0.693 bits per heavy atom. The zero-order valence-electron chi connectivity index (χ0n) is 59.0. The van der Waals surface area contributed by atoms with E-state index in [1.54, 1.807) is 0 Å². The molecule has 0 rings (SSSR count). The third-order valence-electron chi connectivity index (χ3n) is 16.9. The monoisotopic (exact) mass is 1250 g/mol. The number of allylic oxidation sites excluding steroid dienone is 11. The third kappa shape index (κ3) is 67.8. The van der Waals surface area contributed by atoms with Crippen molar-refractivity contribution in [1.82, 2.24) is 5.32 Å². The van der Waals surface area contributed by atoms with Gasteiger partial charge in [0.1, 0.15) is 19.3 Å². The summed E-state index contributed by atoms with van der Waals surface area (Å²) >= 11 is 0. The molecule has 0 fully saturated rings. The first-order valence-electron chi connectivity index (χ1n) is 37.8. The van der Waals surface area contributed by atoms with Crippen LogP contribution in [0.2, 0.25) is 0 Å². The Kier molecular flexibility index (Phi) is 65.4. The van der Waals surface area contributed by atoms with Crippen LogP contribution in [0.25, 0.3) is 0 Å². The van der Waals surface area contributed by atoms with Crippen molar-refractivity contribution in [2.45, 2.75) is 373 Å². The number of hydrogen-bond donors (Lipinski definition) is 2. The molecule has 0 aromatic heterocycles. The smallest absolute Gasteiger partial charge is 0.456 e. The van der Waals surface area contributed by atoms with E-state index in [0.717, 1.165) is 77.0 Å². The summed E-state index contributed by atoms with van der Waals surface area (Å²) in [5.41, 5.74) is 0. The van der Waals surface area contributed by atoms with Gasteiger partial charge >= 0.3 is 13.8 Å². The number of nitrogens with one attached hydrogen (secondary N) is 1. The topological polar surface area (TPSA) is 111 Å². The molecule has 514 valence electrons. The van der Waals surface area contributed by atoms with Gasteiger partial charge in [0.25, 0.3) is 0 Å². The Bertz CT molecular complexity index is 1730. The number of ether oxygens (including phenoxy) is 1. The van der Waals surface area contributed by atoms with Crippen molar-refractivity contribution < 1.29 is 37.3 Å². The number of hydrogen-bond acceptors (Lipinski definition) is 6. The van der Waals surface area contributed by atoms with E-state index in [1.807, 2.05) is 33.3 Å². The molecule has 1 amide bonds. The highest BCUT2D eigenvalue weighted by Gasteiger charge is 2.30. The number of phosphoric ester groups is 1. The van der Waals surface area contributed by atoms with Crippen LogP contribution >= 0.6 is 7.82 Å². The fourth-order valence-electron chi connectivity index (χ4n) is 11.0. The molecule has 0 aliphatic heterocycles. The molecule has 0 saturated carbocycles. The minimum Gasteiger partial charge on any atom is -0.456 e. The van der Waals surface area contributed by atoms with E-state index in [9.17, 15) is 19.0 Å². The van der Waals surface area contributed by atoms with Crippen LogP contribution in [-0.2, 0) is 27.9 Å². The maximum Gasteiger partial charge on any atom is 0.472 e. The molecule has 0 aromatic carbocycles.